The minimum absolute atomic E-state index is 0.00978. The van der Waals surface area contributed by atoms with Crippen LogP contribution in [0.25, 0.3) is 0 Å². The van der Waals surface area contributed by atoms with E-state index in [1.165, 1.54) is 6.07 Å². The summed E-state index contributed by atoms with van der Waals surface area (Å²) in [4.78, 5) is 32.3. The fourth-order valence-corrected chi connectivity index (χ4v) is 3.32. The molecular weight excluding hydrogens is 552 g/mol. The van der Waals surface area contributed by atoms with Crippen molar-refractivity contribution in [2.45, 2.75) is 0 Å². The van der Waals surface area contributed by atoms with Crippen LogP contribution in [0, 0.1) is 20.2 Å². The first-order valence-electron chi connectivity index (χ1n) is 7.92. The van der Waals surface area contributed by atoms with Crippen LogP contribution in [0.3, 0.4) is 0 Å². The Hall–Kier alpha value is -3.46. The smallest absolute Gasteiger partial charge is 0.321 e. The number of ether oxygens (including phenoxy) is 2. The Balaban J connectivity index is 2.14. The lowest BCUT2D eigenvalue weighted by atomic mass is 10.2. The van der Waals surface area contributed by atoms with E-state index in [0.717, 1.165) is 19.4 Å². The van der Waals surface area contributed by atoms with Gasteiger partial charge in [-0.15, -0.1) is 0 Å². The summed E-state index contributed by atoms with van der Waals surface area (Å²) in [7, 11) is 1.13. The Morgan fingerprint density at radius 1 is 1.19 bits per heavy atom. The molecular formula is C16H12Br2N4O9. The second-order valence-corrected chi connectivity index (χ2v) is 7.20. The van der Waals surface area contributed by atoms with Crippen molar-refractivity contribution in [2.75, 3.05) is 13.7 Å². The number of rotatable bonds is 8. The van der Waals surface area contributed by atoms with E-state index in [-0.39, 0.29) is 31.8 Å². The highest BCUT2D eigenvalue weighted by Gasteiger charge is 2.27. The summed E-state index contributed by atoms with van der Waals surface area (Å²) < 4.78 is 10.3. The average Bonchev–Trinajstić information content (AvgIpc) is 2.73. The molecule has 0 atom stereocenters. The number of nitro groups is 2. The van der Waals surface area contributed by atoms with Gasteiger partial charge < -0.3 is 19.7 Å². The van der Waals surface area contributed by atoms with Gasteiger partial charge in [-0.3, -0.25) is 25.0 Å². The summed E-state index contributed by atoms with van der Waals surface area (Å²) in [6.07, 6.45) is 1.08. The molecule has 13 nitrogen and oxygen atoms in total. The van der Waals surface area contributed by atoms with Crippen LogP contribution >= 0.6 is 31.9 Å². The highest BCUT2D eigenvalue weighted by atomic mass is 79.9. The standard InChI is InChI=1S/C16H12Br2N4O9/c1-30-11-4-8(21(26)27)3-10(22(28)29)16(11)31-6-12(23)20-19-5-7-2-9(17)15(25)13(18)14(7)24/h2-5,24-25H,6H2,1H3,(H,20,23)/b19-5+. The molecule has 0 saturated heterocycles. The van der Waals surface area contributed by atoms with Crippen LogP contribution in [0.2, 0.25) is 0 Å². The zero-order chi connectivity index (χ0) is 23.3. The predicted molar refractivity (Wildman–Crippen MR) is 113 cm³/mol. The van der Waals surface area contributed by atoms with Gasteiger partial charge in [0.2, 0.25) is 5.75 Å². The summed E-state index contributed by atoms with van der Waals surface area (Å²) in [5.41, 5.74) is 0.879. The molecule has 3 N–H and O–H groups in total. The summed E-state index contributed by atoms with van der Waals surface area (Å²) in [6.45, 7) is -0.735. The molecule has 0 saturated carbocycles. The number of non-ortho nitro benzene ring substituents is 1. The molecule has 2 rings (SSSR count). The maximum absolute atomic E-state index is 11.9. The van der Waals surface area contributed by atoms with Crippen LogP contribution in [0.5, 0.6) is 23.0 Å². The molecule has 0 spiro atoms. The van der Waals surface area contributed by atoms with Gasteiger partial charge in [-0.25, -0.2) is 5.43 Å². The van der Waals surface area contributed by atoms with E-state index in [9.17, 15) is 35.2 Å². The Morgan fingerprint density at radius 3 is 2.45 bits per heavy atom. The fourth-order valence-electron chi connectivity index (χ4n) is 2.17. The van der Waals surface area contributed by atoms with Crippen molar-refractivity contribution in [1.82, 2.24) is 5.43 Å². The van der Waals surface area contributed by atoms with Crippen molar-refractivity contribution in [3.8, 4) is 23.0 Å². The Kier molecular flexibility index (Phi) is 7.71. The molecule has 0 unspecified atom stereocenters. The first-order valence-corrected chi connectivity index (χ1v) is 9.50. The second-order valence-electron chi connectivity index (χ2n) is 5.55. The Morgan fingerprint density at radius 2 is 1.87 bits per heavy atom. The lowest BCUT2D eigenvalue weighted by Crippen LogP contribution is -2.25. The lowest BCUT2D eigenvalue weighted by Gasteiger charge is -2.10. The van der Waals surface area contributed by atoms with Crippen molar-refractivity contribution in [3.63, 3.8) is 0 Å². The van der Waals surface area contributed by atoms with Crippen LogP contribution in [-0.2, 0) is 4.79 Å². The topological polar surface area (TPSA) is 187 Å². The Labute approximate surface area is 189 Å². The van der Waals surface area contributed by atoms with Crippen LogP contribution in [0.1, 0.15) is 5.56 Å². The summed E-state index contributed by atoms with van der Waals surface area (Å²) in [5.74, 6) is -2.17. The molecule has 1 amide bonds. The van der Waals surface area contributed by atoms with Crippen LogP contribution in [0.4, 0.5) is 11.4 Å². The minimum atomic E-state index is -0.912. The number of hydrogen-bond acceptors (Lipinski definition) is 10. The van der Waals surface area contributed by atoms with Gasteiger partial charge in [0.15, 0.2) is 12.4 Å². The fraction of sp³-hybridized carbons (Fsp3) is 0.125. The minimum Gasteiger partial charge on any atom is -0.506 e. The average molecular weight is 564 g/mol. The molecule has 15 heteroatoms. The normalized spacial score (nSPS) is 10.7. The number of phenols is 2. The van der Waals surface area contributed by atoms with Crippen molar-refractivity contribution >= 4 is 55.4 Å². The van der Waals surface area contributed by atoms with E-state index >= 15 is 0 Å². The number of halogens is 2. The molecule has 0 aliphatic heterocycles. The monoisotopic (exact) mass is 562 g/mol. The highest BCUT2D eigenvalue weighted by molar-refractivity contribution is 9.11. The number of carbonyl (C=O) groups excluding carboxylic acids is 1. The van der Waals surface area contributed by atoms with Crippen molar-refractivity contribution in [1.29, 1.82) is 0 Å². The van der Waals surface area contributed by atoms with Gasteiger partial charge in [-0.1, -0.05) is 0 Å². The molecule has 0 aliphatic carbocycles. The number of hydrazone groups is 1. The van der Waals surface area contributed by atoms with Gasteiger partial charge in [-0.05, 0) is 37.9 Å². The van der Waals surface area contributed by atoms with Crippen molar-refractivity contribution in [2.24, 2.45) is 5.10 Å². The van der Waals surface area contributed by atoms with E-state index in [2.05, 4.69) is 42.4 Å². The molecule has 2 aromatic carbocycles. The first kappa shape index (κ1) is 23.8. The Bertz CT molecular complexity index is 1090. The molecule has 2 aromatic rings. The number of carbonyl (C=O) groups is 1. The molecule has 0 heterocycles. The number of nitro benzene ring substituents is 2. The van der Waals surface area contributed by atoms with E-state index in [4.69, 9.17) is 9.47 Å². The summed E-state index contributed by atoms with van der Waals surface area (Å²) in [5, 5.41) is 45.4. The van der Waals surface area contributed by atoms with Crippen LogP contribution < -0.4 is 14.9 Å². The molecule has 0 radical (unpaired) electrons. The zero-order valence-corrected chi connectivity index (χ0v) is 18.5. The first-order chi connectivity index (χ1) is 14.6. The van der Waals surface area contributed by atoms with Gasteiger partial charge in [0.05, 0.1) is 39.8 Å². The largest absolute Gasteiger partial charge is 0.506 e. The van der Waals surface area contributed by atoms with E-state index in [1.54, 1.807) is 0 Å². The highest BCUT2D eigenvalue weighted by Crippen LogP contribution is 2.41. The van der Waals surface area contributed by atoms with Crippen molar-refractivity contribution < 1.29 is 34.3 Å². The third-order valence-corrected chi connectivity index (χ3v) is 4.94. The zero-order valence-electron chi connectivity index (χ0n) is 15.4. The molecule has 31 heavy (non-hydrogen) atoms. The second kappa shape index (κ2) is 10.0. The molecule has 0 fully saturated rings. The number of aromatic hydroxyl groups is 2. The number of benzene rings is 2. The van der Waals surface area contributed by atoms with Crippen molar-refractivity contribution in [3.05, 3.63) is 52.9 Å². The molecule has 164 valence electrons. The van der Waals surface area contributed by atoms with Crippen LogP contribution in [0.15, 0.2) is 32.2 Å². The molecule has 0 bridgehead atoms. The number of hydrogen-bond donors (Lipinski definition) is 3. The summed E-state index contributed by atoms with van der Waals surface area (Å²) >= 11 is 6.07. The third kappa shape index (κ3) is 5.58. The van der Waals surface area contributed by atoms with Crippen LogP contribution in [-0.4, -0.2) is 45.9 Å². The van der Waals surface area contributed by atoms with Gasteiger partial charge in [0.25, 0.3) is 11.6 Å². The number of nitrogens with one attached hydrogen (secondary N) is 1. The molecule has 0 aliphatic rings. The maximum Gasteiger partial charge on any atom is 0.321 e. The third-order valence-electron chi connectivity index (χ3n) is 3.59. The maximum atomic E-state index is 11.9. The number of methoxy groups -OCH3 is 1. The van der Waals surface area contributed by atoms with Gasteiger partial charge in [0.1, 0.15) is 16.0 Å². The van der Waals surface area contributed by atoms with E-state index < -0.39 is 39.5 Å². The van der Waals surface area contributed by atoms with Gasteiger partial charge >= 0.3 is 5.69 Å². The number of nitrogens with zero attached hydrogens (tertiary/aromatic N) is 3. The van der Waals surface area contributed by atoms with E-state index in [0.29, 0.717) is 6.07 Å². The van der Waals surface area contributed by atoms with E-state index in [1.807, 2.05) is 0 Å². The quantitative estimate of drug-likeness (QED) is 0.246. The molecule has 0 aromatic heterocycles. The van der Waals surface area contributed by atoms with Gasteiger partial charge in [-0.2, -0.15) is 5.10 Å². The summed E-state index contributed by atoms with van der Waals surface area (Å²) in [6, 6.07) is 2.94. The lowest BCUT2D eigenvalue weighted by molar-refractivity contribution is -0.394. The number of amides is 1. The predicted octanol–water partition coefficient (Wildman–Crippen LogP) is 2.98. The SMILES string of the molecule is COc1cc([N+](=O)[O-])cc([N+](=O)[O-])c1OCC(=O)N/N=C/c1cc(Br)c(O)c(Br)c1O. The van der Waals surface area contributed by atoms with Gasteiger partial charge in [0, 0.05) is 5.56 Å². The number of phenolic OH excluding ortho intramolecular Hbond substituents is 2.